The Morgan fingerprint density at radius 3 is 2.38 bits per heavy atom. The van der Waals surface area contributed by atoms with Crippen molar-refractivity contribution in [3.05, 3.63) is 23.3 Å². The fourth-order valence-corrected chi connectivity index (χ4v) is 16.2. The third kappa shape index (κ3) is 5.32. The number of nitrogens with one attached hydrogen (secondary N) is 1. The lowest BCUT2D eigenvalue weighted by molar-refractivity contribution is -0.264. The highest BCUT2D eigenvalue weighted by atomic mass is 16.5. The van der Waals surface area contributed by atoms with Crippen LogP contribution in [0.15, 0.2) is 23.3 Å². The summed E-state index contributed by atoms with van der Waals surface area (Å²) in [5, 5.41) is 16.2. The SMILES string of the molecule is CCOC(=O)C1CC=C(C2=CC[C@]3(C)[C@H]4CC[C@]5(C)[C@H]6[C@H](C(C)(C)O)CC[C@]6(NCCN6CC7CC6CO7)CC[C@@]5(C)[C@]4(C)CC[C@H]3C2(C)C)CC1. The van der Waals surface area contributed by atoms with Crippen molar-refractivity contribution in [3.8, 4) is 0 Å². The van der Waals surface area contributed by atoms with Crippen LogP contribution < -0.4 is 5.32 Å². The van der Waals surface area contributed by atoms with Gasteiger partial charge in [-0.05, 0) is 166 Å². The number of esters is 1. The van der Waals surface area contributed by atoms with E-state index in [1.807, 2.05) is 6.92 Å². The van der Waals surface area contributed by atoms with E-state index in [2.05, 4.69) is 77.8 Å². The van der Waals surface area contributed by atoms with Gasteiger partial charge in [0.25, 0.3) is 0 Å². The van der Waals surface area contributed by atoms with Gasteiger partial charge in [-0.25, -0.2) is 0 Å². The number of hydrogen-bond donors (Lipinski definition) is 2. The molecule has 0 aromatic heterocycles. The first-order chi connectivity index (χ1) is 24.4. The number of hydrogen-bond acceptors (Lipinski definition) is 6. The van der Waals surface area contributed by atoms with Crippen molar-refractivity contribution in [3.63, 3.8) is 0 Å². The Kier molecular flexibility index (Phi) is 9.17. The molecule has 4 saturated carbocycles. The number of rotatable bonds is 8. The van der Waals surface area contributed by atoms with Gasteiger partial charge in [0.2, 0.25) is 0 Å². The van der Waals surface area contributed by atoms with Gasteiger partial charge in [0.15, 0.2) is 0 Å². The van der Waals surface area contributed by atoms with Crippen LogP contribution in [0.3, 0.4) is 0 Å². The number of nitrogens with zero attached hydrogens (tertiary/aromatic N) is 1. The molecular formula is C46H74N2O4. The summed E-state index contributed by atoms with van der Waals surface area (Å²) in [6.07, 6.45) is 20.7. The van der Waals surface area contributed by atoms with E-state index in [-0.39, 0.29) is 44.5 Å². The second kappa shape index (κ2) is 12.7. The molecule has 52 heavy (non-hydrogen) atoms. The van der Waals surface area contributed by atoms with Crippen molar-refractivity contribution in [1.29, 1.82) is 0 Å². The predicted molar refractivity (Wildman–Crippen MR) is 209 cm³/mol. The van der Waals surface area contributed by atoms with E-state index in [1.54, 1.807) is 5.57 Å². The highest BCUT2D eigenvalue weighted by molar-refractivity contribution is 5.73. The van der Waals surface area contributed by atoms with E-state index in [9.17, 15) is 9.90 Å². The Morgan fingerprint density at radius 1 is 0.981 bits per heavy atom. The van der Waals surface area contributed by atoms with Crippen LogP contribution in [-0.2, 0) is 14.3 Å². The number of likely N-dealkylation sites (tertiary alicyclic amines) is 1. The lowest BCUT2D eigenvalue weighted by Crippen LogP contribution is -2.72. The second-order valence-corrected chi connectivity index (χ2v) is 21.6. The minimum absolute atomic E-state index is 0.0157. The first-order valence-corrected chi connectivity index (χ1v) is 21.8. The first kappa shape index (κ1) is 37.7. The van der Waals surface area contributed by atoms with Crippen molar-refractivity contribution in [1.82, 2.24) is 10.2 Å². The van der Waals surface area contributed by atoms with Crippen LogP contribution in [0.2, 0.25) is 0 Å². The number of allylic oxidation sites excluding steroid dienone is 4. The van der Waals surface area contributed by atoms with Gasteiger partial charge in [0.1, 0.15) is 0 Å². The summed E-state index contributed by atoms with van der Waals surface area (Å²) in [6, 6.07) is 0.616. The molecule has 8 aliphatic rings. The molecule has 6 heteroatoms. The maximum atomic E-state index is 12.5. The molecule has 0 spiro atoms. The van der Waals surface area contributed by atoms with E-state index < -0.39 is 5.60 Å². The van der Waals surface area contributed by atoms with Crippen LogP contribution in [0.5, 0.6) is 0 Å². The molecule has 0 aromatic carbocycles. The highest BCUT2D eigenvalue weighted by Crippen LogP contribution is 2.80. The van der Waals surface area contributed by atoms with Crippen LogP contribution >= 0.6 is 0 Å². The van der Waals surface area contributed by atoms with Crippen molar-refractivity contribution in [2.24, 2.45) is 56.7 Å². The maximum absolute atomic E-state index is 12.5. The summed E-state index contributed by atoms with van der Waals surface area (Å²) >= 11 is 0. The molecule has 3 unspecified atom stereocenters. The lowest BCUT2D eigenvalue weighted by Gasteiger charge is -2.76. The van der Waals surface area contributed by atoms with Crippen LogP contribution in [0.25, 0.3) is 0 Å². The molecule has 0 amide bonds. The van der Waals surface area contributed by atoms with Gasteiger partial charge in [-0.1, -0.05) is 53.7 Å². The summed E-state index contributed by atoms with van der Waals surface area (Å²) in [6.45, 7) is 26.8. The van der Waals surface area contributed by atoms with Gasteiger partial charge in [-0.15, -0.1) is 0 Å². The van der Waals surface area contributed by atoms with E-state index in [1.165, 1.54) is 63.4 Å². The zero-order valence-electron chi connectivity index (χ0n) is 34.5. The van der Waals surface area contributed by atoms with Crippen molar-refractivity contribution in [2.75, 3.05) is 32.8 Å². The zero-order valence-corrected chi connectivity index (χ0v) is 34.5. The maximum Gasteiger partial charge on any atom is 0.309 e. The minimum atomic E-state index is -0.680. The Morgan fingerprint density at radius 2 is 1.73 bits per heavy atom. The average molecular weight is 719 g/mol. The Bertz CT molecular complexity index is 1480. The van der Waals surface area contributed by atoms with Gasteiger partial charge in [-0.3, -0.25) is 9.69 Å². The molecule has 6 nitrogen and oxygen atoms in total. The Balaban J connectivity index is 1.07. The molecule has 6 fully saturated rings. The average Bonchev–Trinajstić information content (AvgIpc) is 3.82. The van der Waals surface area contributed by atoms with Crippen LogP contribution in [0, 0.1) is 56.7 Å². The van der Waals surface area contributed by atoms with E-state index >= 15 is 0 Å². The molecule has 0 aromatic rings. The molecule has 2 bridgehead atoms. The zero-order chi connectivity index (χ0) is 37.1. The summed E-state index contributed by atoms with van der Waals surface area (Å²) < 4.78 is 11.3. The number of carbonyl (C=O) groups excluding carboxylic acids is 1. The van der Waals surface area contributed by atoms with Crippen LogP contribution in [-0.4, -0.2) is 72.1 Å². The van der Waals surface area contributed by atoms with Gasteiger partial charge in [-0.2, -0.15) is 0 Å². The molecule has 292 valence electrons. The fourth-order valence-electron chi connectivity index (χ4n) is 16.2. The topological polar surface area (TPSA) is 71.0 Å². The highest BCUT2D eigenvalue weighted by Gasteiger charge is 2.75. The normalized spacial score (nSPS) is 48.2. The monoisotopic (exact) mass is 719 g/mol. The number of aliphatic hydroxyl groups is 1. The Labute approximate surface area is 316 Å². The molecule has 12 atom stereocenters. The second-order valence-electron chi connectivity index (χ2n) is 21.6. The summed E-state index contributed by atoms with van der Waals surface area (Å²) in [7, 11) is 0. The molecule has 0 radical (unpaired) electrons. The van der Waals surface area contributed by atoms with Gasteiger partial charge >= 0.3 is 5.97 Å². The molecule has 6 aliphatic carbocycles. The smallest absolute Gasteiger partial charge is 0.309 e. The van der Waals surface area contributed by atoms with Crippen molar-refractivity contribution in [2.45, 2.75) is 169 Å². The summed E-state index contributed by atoms with van der Waals surface area (Å²) in [4.78, 5) is 15.2. The molecule has 2 N–H and O–H groups in total. The van der Waals surface area contributed by atoms with Crippen molar-refractivity contribution >= 4 is 5.97 Å². The minimum Gasteiger partial charge on any atom is -0.466 e. The number of carbonyl (C=O) groups is 1. The molecule has 8 rings (SSSR count). The van der Waals surface area contributed by atoms with Gasteiger partial charge < -0.3 is 19.9 Å². The number of ether oxygens (including phenoxy) is 2. The van der Waals surface area contributed by atoms with Crippen LogP contribution in [0.4, 0.5) is 0 Å². The van der Waals surface area contributed by atoms with Gasteiger partial charge in [0, 0.05) is 31.2 Å². The summed E-state index contributed by atoms with van der Waals surface area (Å²) in [5.41, 5.74) is 3.54. The number of morpholine rings is 1. The van der Waals surface area contributed by atoms with E-state index in [0.717, 1.165) is 51.9 Å². The lowest BCUT2D eigenvalue weighted by atomic mass is 9.29. The van der Waals surface area contributed by atoms with E-state index in [0.29, 0.717) is 42.4 Å². The molecule has 2 heterocycles. The standard InChI is InChI=1S/C46H74N2O4/c1-10-51-39(49)31-13-11-30(12-14-31)34-15-19-42(6)36(40(34,2)3)17-20-43(7)37(42)18-21-44(8)38-35(41(4,5)50)16-22-46(38,24-23-45(43,44)9)47-25-26-48-28-33-27-32(48)29-52-33/h11,15,31-33,35-38,47,50H,10,12-14,16-29H2,1-9H3/t31?,32?,33?,35-,36+,37-,38-,42+,43-,44-,45+,46+/m1/s1. The van der Waals surface area contributed by atoms with Gasteiger partial charge in [0.05, 0.1) is 30.8 Å². The fraction of sp³-hybridized carbons (Fsp3) is 0.891. The molecule has 2 saturated heterocycles. The third-order valence-electron chi connectivity index (χ3n) is 18.9. The summed E-state index contributed by atoms with van der Waals surface area (Å²) in [5.74, 6) is 2.15. The number of fused-ring (bicyclic) bond motifs is 9. The first-order valence-electron chi connectivity index (χ1n) is 21.8. The van der Waals surface area contributed by atoms with Crippen molar-refractivity contribution < 1.29 is 19.4 Å². The molecular weight excluding hydrogens is 645 g/mol. The van der Waals surface area contributed by atoms with E-state index in [4.69, 9.17) is 9.47 Å². The van der Waals surface area contributed by atoms with Crippen LogP contribution in [0.1, 0.15) is 146 Å². The molecule has 2 aliphatic heterocycles. The Hall–Kier alpha value is -1.21. The largest absolute Gasteiger partial charge is 0.466 e. The quantitative estimate of drug-likeness (QED) is 0.245. The third-order valence-corrected chi connectivity index (χ3v) is 18.9. The predicted octanol–water partition coefficient (Wildman–Crippen LogP) is 8.87.